The van der Waals surface area contributed by atoms with E-state index in [1.54, 1.807) is 25.3 Å². The number of ether oxygens (including phenoxy) is 1. The first kappa shape index (κ1) is 14.9. The number of hydrogen-bond donors (Lipinski definition) is 3. The minimum Gasteiger partial charge on any atom is -0.508 e. The average Bonchev–Trinajstić information content (AvgIpc) is 2.45. The summed E-state index contributed by atoms with van der Waals surface area (Å²) in [5.41, 5.74) is 3.23. The van der Waals surface area contributed by atoms with Crippen LogP contribution >= 0.6 is 0 Å². The average molecular weight is 286 g/mol. The van der Waals surface area contributed by atoms with Crippen molar-refractivity contribution in [2.45, 2.75) is 13.5 Å². The lowest BCUT2D eigenvalue weighted by Crippen LogP contribution is -1.90. The Balaban J connectivity index is 2.42. The molecule has 3 N–H and O–H groups in total. The van der Waals surface area contributed by atoms with Crippen LogP contribution in [0.1, 0.15) is 23.6 Å². The molecule has 4 heteroatoms. The molecule has 21 heavy (non-hydrogen) atoms. The Morgan fingerprint density at radius 3 is 2.29 bits per heavy atom. The Hall–Kier alpha value is -2.46. The van der Waals surface area contributed by atoms with Crippen molar-refractivity contribution in [3.05, 3.63) is 53.1 Å². The van der Waals surface area contributed by atoms with E-state index in [0.29, 0.717) is 5.75 Å². The first-order valence-electron chi connectivity index (χ1n) is 6.52. The normalized spacial score (nSPS) is 11.5. The summed E-state index contributed by atoms with van der Waals surface area (Å²) in [5, 5.41) is 28.3. The Bertz CT molecular complexity index is 632. The van der Waals surface area contributed by atoms with Gasteiger partial charge in [-0.05, 0) is 59.5 Å². The van der Waals surface area contributed by atoms with Crippen LogP contribution in [0.3, 0.4) is 0 Å². The highest BCUT2D eigenvalue weighted by Gasteiger charge is 2.03. The molecule has 0 bridgehead atoms. The van der Waals surface area contributed by atoms with E-state index in [1.165, 1.54) is 6.07 Å². The number of phenols is 2. The van der Waals surface area contributed by atoms with E-state index in [0.717, 1.165) is 22.3 Å². The van der Waals surface area contributed by atoms with Gasteiger partial charge < -0.3 is 20.1 Å². The Morgan fingerprint density at radius 2 is 1.71 bits per heavy atom. The minimum atomic E-state index is -0.0655. The van der Waals surface area contributed by atoms with Gasteiger partial charge in [0, 0.05) is 6.07 Å². The number of aliphatic hydroxyl groups excluding tert-OH is 1. The number of benzene rings is 2. The van der Waals surface area contributed by atoms with E-state index in [1.807, 2.05) is 25.1 Å². The molecule has 0 fully saturated rings. The van der Waals surface area contributed by atoms with Crippen LogP contribution in [-0.4, -0.2) is 22.4 Å². The predicted molar refractivity (Wildman–Crippen MR) is 82.2 cm³/mol. The maximum atomic E-state index is 9.53. The summed E-state index contributed by atoms with van der Waals surface area (Å²) < 4.78 is 5.20. The smallest absolute Gasteiger partial charge is 0.119 e. The van der Waals surface area contributed by atoms with Gasteiger partial charge in [0.25, 0.3) is 0 Å². The fourth-order valence-electron chi connectivity index (χ4n) is 2.13. The molecule has 4 nitrogen and oxygen atoms in total. The largest absolute Gasteiger partial charge is 0.508 e. The predicted octanol–water partition coefficient (Wildman–Crippen LogP) is 3.16. The van der Waals surface area contributed by atoms with Gasteiger partial charge >= 0.3 is 0 Å². The molecule has 0 spiro atoms. The summed E-state index contributed by atoms with van der Waals surface area (Å²) in [6, 6.07) is 9.93. The molecular weight excluding hydrogens is 268 g/mol. The van der Waals surface area contributed by atoms with Crippen LogP contribution in [0.4, 0.5) is 0 Å². The number of aliphatic hydroxyl groups is 1. The van der Waals surface area contributed by atoms with E-state index < -0.39 is 0 Å². The van der Waals surface area contributed by atoms with Crippen molar-refractivity contribution in [2.24, 2.45) is 0 Å². The highest BCUT2D eigenvalue weighted by Crippen LogP contribution is 2.27. The van der Waals surface area contributed by atoms with Crippen LogP contribution in [0.2, 0.25) is 0 Å². The molecule has 110 valence electrons. The summed E-state index contributed by atoms with van der Waals surface area (Å²) >= 11 is 0. The lowest BCUT2D eigenvalue weighted by atomic mass is 10.0. The highest BCUT2D eigenvalue weighted by atomic mass is 16.5. The summed E-state index contributed by atoms with van der Waals surface area (Å²) in [7, 11) is 1.57. The molecule has 0 saturated carbocycles. The van der Waals surface area contributed by atoms with Gasteiger partial charge in [-0.25, -0.2) is 0 Å². The molecule has 0 aliphatic rings. The molecule has 0 amide bonds. The molecule has 2 aromatic rings. The maximum absolute atomic E-state index is 9.53. The van der Waals surface area contributed by atoms with Crippen molar-refractivity contribution >= 4 is 11.6 Å². The van der Waals surface area contributed by atoms with Crippen LogP contribution in [0.15, 0.2) is 36.4 Å². The van der Waals surface area contributed by atoms with Gasteiger partial charge in [-0.3, -0.25) is 0 Å². The summed E-state index contributed by atoms with van der Waals surface area (Å²) in [4.78, 5) is 0. The van der Waals surface area contributed by atoms with Crippen LogP contribution < -0.4 is 4.74 Å². The minimum absolute atomic E-state index is 0.0134. The fraction of sp³-hybridized carbons (Fsp3) is 0.176. The zero-order valence-corrected chi connectivity index (χ0v) is 12.0. The van der Waals surface area contributed by atoms with Crippen molar-refractivity contribution in [3.8, 4) is 17.2 Å². The van der Waals surface area contributed by atoms with Crippen molar-refractivity contribution in [2.75, 3.05) is 7.11 Å². The first-order chi connectivity index (χ1) is 10.0. The van der Waals surface area contributed by atoms with Crippen molar-refractivity contribution in [1.82, 2.24) is 0 Å². The van der Waals surface area contributed by atoms with E-state index in [-0.39, 0.29) is 18.1 Å². The number of methoxy groups -OCH3 is 1. The Labute approximate surface area is 123 Å². The summed E-state index contributed by atoms with van der Waals surface area (Å²) in [5.74, 6) is 0.693. The standard InChI is InChI=1S/C17H18O4/c1-11(14-7-15(19)9-16(20)8-14)3-12-4-13(10-18)6-17(5-12)21-2/h3-9,18-20H,10H2,1-2H3. The zero-order chi connectivity index (χ0) is 15.4. The number of hydrogen-bond acceptors (Lipinski definition) is 4. The summed E-state index contributed by atoms with van der Waals surface area (Å²) in [6.07, 6.45) is 1.90. The molecule has 2 rings (SSSR count). The third kappa shape index (κ3) is 3.77. The molecule has 0 heterocycles. The molecular formula is C17H18O4. The monoisotopic (exact) mass is 286 g/mol. The van der Waals surface area contributed by atoms with Crippen LogP contribution in [0.25, 0.3) is 11.6 Å². The van der Waals surface area contributed by atoms with Crippen molar-refractivity contribution < 1.29 is 20.1 Å². The molecule has 2 aromatic carbocycles. The summed E-state index contributed by atoms with van der Waals surface area (Å²) in [6.45, 7) is 1.82. The van der Waals surface area contributed by atoms with Crippen molar-refractivity contribution in [3.63, 3.8) is 0 Å². The van der Waals surface area contributed by atoms with Gasteiger partial charge in [0.1, 0.15) is 17.2 Å². The van der Waals surface area contributed by atoms with Crippen LogP contribution in [0, 0.1) is 0 Å². The number of allylic oxidation sites excluding steroid dienone is 1. The second kappa shape index (κ2) is 6.33. The van der Waals surface area contributed by atoms with Gasteiger partial charge in [0.05, 0.1) is 13.7 Å². The number of phenolic OH excluding ortho intramolecular Hbond substituents is 2. The van der Waals surface area contributed by atoms with E-state index >= 15 is 0 Å². The first-order valence-corrected chi connectivity index (χ1v) is 6.52. The molecule has 0 radical (unpaired) electrons. The molecule has 0 aliphatic heterocycles. The van der Waals surface area contributed by atoms with Gasteiger partial charge in [0.15, 0.2) is 0 Å². The van der Waals surface area contributed by atoms with E-state index in [9.17, 15) is 15.3 Å². The van der Waals surface area contributed by atoms with Gasteiger partial charge in [0.2, 0.25) is 0 Å². The molecule has 0 saturated heterocycles. The SMILES string of the molecule is COc1cc(C=C(C)c2cc(O)cc(O)c2)cc(CO)c1. The third-order valence-electron chi connectivity index (χ3n) is 3.15. The second-order valence-electron chi connectivity index (χ2n) is 4.84. The van der Waals surface area contributed by atoms with Crippen LogP contribution in [0.5, 0.6) is 17.2 Å². The Morgan fingerprint density at radius 1 is 1.05 bits per heavy atom. The van der Waals surface area contributed by atoms with Gasteiger partial charge in [-0.2, -0.15) is 0 Å². The molecule has 0 aromatic heterocycles. The number of aromatic hydroxyl groups is 2. The van der Waals surface area contributed by atoms with Gasteiger partial charge in [-0.15, -0.1) is 0 Å². The van der Waals surface area contributed by atoms with E-state index in [2.05, 4.69) is 0 Å². The van der Waals surface area contributed by atoms with Crippen LogP contribution in [-0.2, 0) is 6.61 Å². The van der Waals surface area contributed by atoms with Crippen molar-refractivity contribution in [1.29, 1.82) is 0 Å². The molecule has 0 aliphatic carbocycles. The lowest BCUT2D eigenvalue weighted by Gasteiger charge is -2.07. The molecule has 0 atom stereocenters. The highest BCUT2D eigenvalue weighted by molar-refractivity contribution is 5.81. The molecule has 0 unspecified atom stereocenters. The maximum Gasteiger partial charge on any atom is 0.119 e. The fourth-order valence-corrected chi connectivity index (χ4v) is 2.13. The zero-order valence-electron chi connectivity index (χ0n) is 12.0. The lowest BCUT2D eigenvalue weighted by molar-refractivity contribution is 0.281. The quantitative estimate of drug-likeness (QED) is 0.755. The number of rotatable bonds is 4. The second-order valence-corrected chi connectivity index (χ2v) is 4.84. The van der Waals surface area contributed by atoms with Gasteiger partial charge in [-0.1, -0.05) is 6.08 Å². The third-order valence-corrected chi connectivity index (χ3v) is 3.15. The Kier molecular flexibility index (Phi) is 4.50. The topological polar surface area (TPSA) is 69.9 Å². The van der Waals surface area contributed by atoms with E-state index in [4.69, 9.17) is 4.74 Å².